The standard InChI is InChI=1S/C44H27NO2/c1-3-13-32-28(10-1)12-7-17-37(32)45(38-18-9-21-41-43(38)36-27-24-29-11-2-4-14-34(29)44(36)47-41)31-25-22-30(23-26-31)33-16-8-20-40-42(33)35-15-5-6-19-39(35)46-40/h1-27H/i22D,23D,25D,26D. The van der Waals surface area contributed by atoms with Gasteiger partial charge in [-0.2, -0.15) is 0 Å². The highest BCUT2D eigenvalue weighted by Gasteiger charge is 2.22. The second-order valence-corrected chi connectivity index (χ2v) is 11.7. The van der Waals surface area contributed by atoms with Crippen molar-refractivity contribution in [2.75, 3.05) is 4.90 Å². The Labute approximate surface area is 276 Å². The Hall–Kier alpha value is -6.32. The molecule has 0 fully saturated rings. The molecular formula is C44H27NO2. The monoisotopic (exact) mass is 605 g/mol. The summed E-state index contributed by atoms with van der Waals surface area (Å²) >= 11 is 0. The summed E-state index contributed by atoms with van der Waals surface area (Å²) in [5.74, 6) is 0. The van der Waals surface area contributed by atoms with E-state index in [4.69, 9.17) is 8.83 Å². The molecule has 0 spiro atoms. The van der Waals surface area contributed by atoms with Crippen molar-refractivity contribution >= 4 is 82.5 Å². The van der Waals surface area contributed by atoms with Crippen LogP contribution in [-0.2, 0) is 0 Å². The molecule has 10 aromatic rings. The predicted molar refractivity (Wildman–Crippen MR) is 196 cm³/mol. The minimum absolute atomic E-state index is 0.135. The van der Waals surface area contributed by atoms with Crippen LogP contribution in [0.25, 0.3) is 76.5 Å². The average molecular weight is 606 g/mol. The number of furan rings is 2. The smallest absolute Gasteiger partial charge is 0.143 e. The lowest BCUT2D eigenvalue weighted by Gasteiger charge is -2.27. The van der Waals surface area contributed by atoms with Crippen molar-refractivity contribution in [2.24, 2.45) is 0 Å². The maximum Gasteiger partial charge on any atom is 0.143 e. The lowest BCUT2D eigenvalue weighted by atomic mass is 9.98. The number of nitrogens with zero attached hydrogens (tertiary/aromatic N) is 1. The molecule has 2 heterocycles. The Bertz CT molecular complexity index is 3020. The first-order chi connectivity index (χ1) is 25.0. The van der Waals surface area contributed by atoms with Crippen LogP contribution in [0.5, 0.6) is 0 Å². The van der Waals surface area contributed by atoms with E-state index in [1.165, 1.54) is 0 Å². The van der Waals surface area contributed by atoms with Crippen molar-refractivity contribution in [3.05, 3.63) is 164 Å². The van der Waals surface area contributed by atoms with E-state index in [2.05, 4.69) is 18.2 Å². The topological polar surface area (TPSA) is 29.5 Å². The van der Waals surface area contributed by atoms with Gasteiger partial charge in [0.1, 0.15) is 22.3 Å². The fourth-order valence-electron chi connectivity index (χ4n) is 7.03. The fourth-order valence-corrected chi connectivity index (χ4v) is 7.03. The molecule has 0 saturated carbocycles. The molecule has 0 unspecified atom stereocenters. The van der Waals surface area contributed by atoms with Gasteiger partial charge in [-0.15, -0.1) is 0 Å². The summed E-state index contributed by atoms with van der Waals surface area (Å²) in [7, 11) is 0. The van der Waals surface area contributed by atoms with Crippen LogP contribution >= 0.6 is 0 Å². The van der Waals surface area contributed by atoms with Crippen LogP contribution in [0.15, 0.2) is 173 Å². The summed E-state index contributed by atoms with van der Waals surface area (Å²) < 4.78 is 51.0. The van der Waals surface area contributed by atoms with Crippen LogP contribution in [0.4, 0.5) is 17.1 Å². The number of benzene rings is 8. The quantitative estimate of drug-likeness (QED) is 0.200. The summed E-state index contributed by atoms with van der Waals surface area (Å²) in [4.78, 5) is 1.88. The second kappa shape index (κ2) is 10.1. The van der Waals surface area contributed by atoms with Gasteiger partial charge in [0.05, 0.1) is 22.2 Å². The summed E-state index contributed by atoms with van der Waals surface area (Å²) in [5.41, 5.74) is 5.12. The molecule has 10 rings (SSSR count). The maximum atomic E-state index is 9.66. The van der Waals surface area contributed by atoms with E-state index in [0.717, 1.165) is 54.4 Å². The van der Waals surface area contributed by atoms with E-state index in [9.17, 15) is 5.48 Å². The number of fused-ring (bicyclic) bond motifs is 9. The first kappa shape index (κ1) is 22.2. The Kier molecular flexibility index (Phi) is 4.78. The highest BCUT2D eigenvalue weighted by molar-refractivity contribution is 6.20. The van der Waals surface area contributed by atoms with Gasteiger partial charge in [-0.25, -0.2) is 0 Å². The van der Waals surface area contributed by atoms with Crippen molar-refractivity contribution in [1.82, 2.24) is 0 Å². The zero-order valence-corrected chi connectivity index (χ0v) is 25.0. The first-order valence-corrected chi connectivity index (χ1v) is 15.6. The van der Waals surface area contributed by atoms with Gasteiger partial charge in [-0.1, -0.05) is 115 Å². The molecule has 0 radical (unpaired) electrons. The van der Waals surface area contributed by atoms with Gasteiger partial charge >= 0.3 is 0 Å². The summed E-state index contributed by atoms with van der Waals surface area (Å²) in [6, 6.07) is 44.7. The average Bonchev–Trinajstić information content (AvgIpc) is 3.75. The summed E-state index contributed by atoms with van der Waals surface area (Å²) in [5, 5.41) is 7.28. The van der Waals surface area contributed by atoms with Crippen LogP contribution in [0, 0.1) is 0 Å². The van der Waals surface area contributed by atoms with E-state index in [1.54, 1.807) is 0 Å². The maximum absolute atomic E-state index is 9.66. The number of hydrogen-bond acceptors (Lipinski definition) is 3. The highest BCUT2D eigenvalue weighted by Crippen LogP contribution is 2.46. The largest absolute Gasteiger partial charge is 0.456 e. The van der Waals surface area contributed by atoms with Gasteiger partial charge in [0.2, 0.25) is 0 Å². The third-order valence-electron chi connectivity index (χ3n) is 9.12. The van der Waals surface area contributed by atoms with E-state index < -0.39 is 0 Å². The fraction of sp³-hybridized carbons (Fsp3) is 0. The summed E-state index contributed by atoms with van der Waals surface area (Å²) in [6.45, 7) is 0. The molecule has 220 valence electrons. The SMILES string of the molecule is [2H]c1c([2H])c(N(c2cccc3ccccc23)c2cccc3oc4c5ccccc5ccc4c23)c([2H])c([2H])c1-c1cccc2oc3ccccc3c12. The Morgan fingerprint density at radius 2 is 1.04 bits per heavy atom. The van der Waals surface area contributed by atoms with E-state index in [0.29, 0.717) is 28.0 Å². The van der Waals surface area contributed by atoms with Crippen molar-refractivity contribution in [3.8, 4) is 11.1 Å². The molecule has 0 aliphatic rings. The zero-order valence-electron chi connectivity index (χ0n) is 29.0. The van der Waals surface area contributed by atoms with Crippen molar-refractivity contribution in [2.45, 2.75) is 0 Å². The van der Waals surface area contributed by atoms with E-state index in [-0.39, 0.29) is 35.4 Å². The minimum atomic E-state index is -0.154. The molecule has 47 heavy (non-hydrogen) atoms. The van der Waals surface area contributed by atoms with E-state index >= 15 is 0 Å². The number of hydrogen-bond donors (Lipinski definition) is 0. The molecule has 0 atom stereocenters. The second-order valence-electron chi connectivity index (χ2n) is 11.7. The van der Waals surface area contributed by atoms with Gasteiger partial charge in [0.15, 0.2) is 0 Å². The van der Waals surface area contributed by atoms with Crippen molar-refractivity contribution < 1.29 is 14.3 Å². The van der Waals surface area contributed by atoms with Crippen LogP contribution in [0.2, 0.25) is 0 Å². The number of anilines is 3. The molecule has 8 aromatic carbocycles. The number of para-hydroxylation sites is 1. The molecule has 0 saturated heterocycles. The minimum Gasteiger partial charge on any atom is -0.456 e. The molecule has 2 aromatic heterocycles. The van der Waals surface area contributed by atoms with Crippen molar-refractivity contribution in [3.63, 3.8) is 0 Å². The predicted octanol–water partition coefficient (Wildman–Crippen LogP) is 12.9. The lowest BCUT2D eigenvalue weighted by molar-refractivity contribution is 0.669. The van der Waals surface area contributed by atoms with Gasteiger partial charge in [0.25, 0.3) is 0 Å². The molecule has 3 heteroatoms. The van der Waals surface area contributed by atoms with Crippen molar-refractivity contribution in [1.29, 1.82) is 0 Å². The summed E-state index contributed by atoms with van der Waals surface area (Å²) in [6.07, 6.45) is 0. The Balaban J connectivity index is 1.31. The first-order valence-electron chi connectivity index (χ1n) is 17.6. The lowest BCUT2D eigenvalue weighted by Crippen LogP contribution is -2.10. The van der Waals surface area contributed by atoms with Crippen LogP contribution < -0.4 is 4.90 Å². The van der Waals surface area contributed by atoms with E-state index in [1.807, 2.05) is 126 Å². The molecule has 0 amide bonds. The van der Waals surface area contributed by atoms with Crippen LogP contribution in [-0.4, -0.2) is 0 Å². The molecular weight excluding hydrogens is 574 g/mol. The molecule has 3 nitrogen and oxygen atoms in total. The van der Waals surface area contributed by atoms with Gasteiger partial charge in [-0.3, -0.25) is 0 Å². The Morgan fingerprint density at radius 3 is 1.89 bits per heavy atom. The zero-order chi connectivity index (χ0) is 34.4. The number of rotatable bonds is 4. The van der Waals surface area contributed by atoms with Crippen LogP contribution in [0.1, 0.15) is 5.48 Å². The van der Waals surface area contributed by atoms with Gasteiger partial charge in [0, 0.05) is 32.6 Å². The van der Waals surface area contributed by atoms with Gasteiger partial charge in [-0.05, 0) is 70.4 Å². The normalized spacial score (nSPS) is 13.0. The highest BCUT2D eigenvalue weighted by atomic mass is 16.3. The molecule has 0 aliphatic heterocycles. The molecule has 0 aliphatic carbocycles. The molecule has 0 N–H and O–H groups in total. The Morgan fingerprint density at radius 1 is 0.426 bits per heavy atom. The molecule has 0 bridgehead atoms. The van der Waals surface area contributed by atoms with Gasteiger partial charge < -0.3 is 13.7 Å². The van der Waals surface area contributed by atoms with Crippen LogP contribution in [0.3, 0.4) is 0 Å². The third-order valence-corrected chi connectivity index (χ3v) is 9.12. The third kappa shape index (κ3) is 3.93.